The molecule has 3 saturated heterocycles. The van der Waals surface area contributed by atoms with E-state index in [4.69, 9.17) is 4.74 Å². The molecule has 0 spiro atoms. The van der Waals surface area contributed by atoms with Crippen molar-refractivity contribution in [1.82, 2.24) is 36.6 Å². The Morgan fingerprint density at radius 3 is 2.14 bits per heavy atom. The summed E-state index contributed by atoms with van der Waals surface area (Å²) in [5, 5.41) is 9.13. The zero-order chi connectivity index (χ0) is 36.5. The van der Waals surface area contributed by atoms with Crippen LogP contribution in [0.1, 0.15) is 72.1 Å². The Morgan fingerprint density at radius 1 is 0.920 bits per heavy atom. The number of piperidine rings is 1. The Balaban J connectivity index is 1.26. The lowest BCUT2D eigenvalue weighted by molar-refractivity contribution is -0.0653. The molecule has 13 unspecified atom stereocenters. The summed E-state index contributed by atoms with van der Waals surface area (Å²) in [6.45, 7) is 7.20. The Hall–Kier alpha value is -0.370. The molecule has 5 fully saturated rings. The number of thioether (sulfide) groups is 1. The van der Waals surface area contributed by atoms with Crippen LogP contribution in [0.4, 0.5) is 22.0 Å². The molecule has 0 amide bonds. The third kappa shape index (κ3) is 8.94. The SMILES string of the molecule is COC1C(NC2CC(C)NN2)NC(SC2CCC(S(=O)(=O)C(C)(C)C3C(F)C(F)CC(F)C3F)CC2F)NC1N1CCC(CCN(C)C)CC1. The summed E-state index contributed by atoms with van der Waals surface area (Å²) in [6, 6.07) is 0.280. The normalized spacial score (nSPS) is 43.0. The van der Waals surface area contributed by atoms with Crippen LogP contribution in [-0.2, 0) is 14.6 Å². The number of sulfone groups is 1. The molecule has 2 aliphatic carbocycles. The van der Waals surface area contributed by atoms with Gasteiger partial charge in [-0.1, -0.05) is 0 Å². The number of halogens is 5. The number of methoxy groups -OCH3 is 1. The highest BCUT2D eigenvalue weighted by Crippen LogP contribution is 2.47. The minimum Gasteiger partial charge on any atom is -0.375 e. The fourth-order valence-electron chi connectivity index (χ4n) is 8.69. The molecule has 2 saturated carbocycles. The number of nitrogens with zero attached hydrogens (tertiary/aromatic N) is 2. The molecule has 50 heavy (non-hydrogen) atoms. The first-order valence-electron chi connectivity index (χ1n) is 18.3. The van der Waals surface area contributed by atoms with Crippen LogP contribution in [0.15, 0.2) is 0 Å². The van der Waals surface area contributed by atoms with Gasteiger partial charge in [0.2, 0.25) is 0 Å². The summed E-state index contributed by atoms with van der Waals surface area (Å²) in [5.41, 5.74) is 6.13. The number of hydrazine groups is 1. The van der Waals surface area contributed by atoms with Crippen molar-refractivity contribution < 1.29 is 35.1 Å². The van der Waals surface area contributed by atoms with Gasteiger partial charge in [-0.3, -0.25) is 26.3 Å². The molecular formula is C33H60F5N7O3S2. The second-order valence-electron chi connectivity index (χ2n) is 16.0. The quantitative estimate of drug-likeness (QED) is 0.190. The Labute approximate surface area is 299 Å². The molecule has 0 aromatic carbocycles. The van der Waals surface area contributed by atoms with Crippen LogP contribution in [-0.4, -0.2) is 141 Å². The third-order valence-electron chi connectivity index (χ3n) is 11.8. The van der Waals surface area contributed by atoms with Gasteiger partial charge >= 0.3 is 0 Å². The molecule has 0 bridgehead atoms. The van der Waals surface area contributed by atoms with E-state index in [1.165, 1.54) is 11.8 Å². The highest BCUT2D eigenvalue weighted by molar-refractivity contribution is 8.00. The van der Waals surface area contributed by atoms with E-state index in [0.717, 1.165) is 59.2 Å². The van der Waals surface area contributed by atoms with E-state index in [9.17, 15) is 26.0 Å². The lowest BCUT2D eigenvalue weighted by Gasteiger charge is -2.50. The Morgan fingerprint density at radius 2 is 1.58 bits per heavy atom. The van der Waals surface area contributed by atoms with Crippen LogP contribution in [0.25, 0.3) is 0 Å². The predicted octanol–water partition coefficient (Wildman–Crippen LogP) is 3.15. The van der Waals surface area contributed by atoms with Crippen molar-refractivity contribution in [3.63, 3.8) is 0 Å². The van der Waals surface area contributed by atoms with Gasteiger partial charge in [0.25, 0.3) is 0 Å². The molecule has 292 valence electrons. The van der Waals surface area contributed by atoms with Gasteiger partial charge in [-0.15, -0.1) is 11.8 Å². The maximum Gasteiger partial charge on any atom is 0.158 e. The standard InChI is InChI=1S/C33H60F5N7O3S2/c1-18-15-25(43-42-18)39-30-29(48-6)31(45-13-10-19(11-14-45)9-12-44(4)5)41-32(40-30)49-24-8-7-20(16-21(24)34)50(46,47)33(2,3)26-27(37)22(35)17-23(36)28(26)38/h18-32,39-43H,7-17H2,1-6H3. The van der Waals surface area contributed by atoms with E-state index < -0.39 is 68.3 Å². The van der Waals surface area contributed by atoms with Gasteiger partial charge in [0, 0.05) is 30.7 Å². The maximum atomic E-state index is 16.0. The second-order valence-corrected chi connectivity index (χ2v) is 20.2. The summed E-state index contributed by atoms with van der Waals surface area (Å²) >= 11 is 1.38. The van der Waals surface area contributed by atoms with Gasteiger partial charge in [0.05, 0.1) is 28.5 Å². The number of alkyl halides is 5. The van der Waals surface area contributed by atoms with Crippen LogP contribution in [0.5, 0.6) is 0 Å². The molecule has 3 heterocycles. The Kier molecular flexibility index (Phi) is 13.8. The van der Waals surface area contributed by atoms with Gasteiger partial charge in [-0.05, 0) is 105 Å². The lowest BCUT2D eigenvalue weighted by Crippen LogP contribution is -2.75. The largest absolute Gasteiger partial charge is 0.375 e. The fraction of sp³-hybridized carbons (Fsp3) is 1.00. The number of likely N-dealkylation sites (tertiary alicyclic amines) is 1. The number of nitrogens with one attached hydrogen (secondary N) is 5. The zero-order valence-electron chi connectivity index (χ0n) is 30.3. The molecule has 13 atom stereocenters. The zero-order valence-corrected chi connectivity index (χ0v) is 31.9. The number of hydrogen-bond donors (Lipinski definition) is 5. The summed E-state index contributed by atoms with van der Waals surface area (Å²) < 4.78 is 106. The third-order valence-corrected chi connectivity index (χ3v) is 16.3. The van der Waals surface area contributed by atoms with Crippen molar-refractivity contribution in [2.75, 3.05) is 40.8 Å². The van der Waals surface area contributed by atoms with Gasteiger partial charge in [0.1, 0.15) is 42.5 Å². The smallest absolute Gasteiger partial charge is 0.158 e. The fourth-order valence-corrected chi connectivity index (χ4v) is 12.4. The van der Waals surface area contributed by atoms with E-state index in [1.807, 2.05) is 0 Å². The van der Waals surface area contributed by atoms with Crippen molar-refractivity contribution in [1.29, 1.82) is 0 Å². The molecular weight excluding hydrogens is 702 g/mol. The van der Waals surface area contributed by atoms with E-state index in [2.05, 4.69) is 57.6 Å². The number of rotatable bonds is 12. The first kappa shape index (κ1) is 40.8. The maximum absolute atomic E-state index is 16.0. The molecule has 5 N–H and O–H groups in total. The molecule has 5 aliphatic rings. The first-order chi connectivity index (χ1) is 23.5. The number of hydrogen-bond acceptors (Lipinski definition) is 11. The highest BCUT2D eigenvalue weighted by atomic mass is 32.2. The topological polar surface area (TPSA) is 110 Å². The van der Waals surface area contributed by atoms with Crippen molar-refractivity contribution in [2.45, 2.75) is 154 Å². The monoisotopic (exact) mass is 761 g/mol. The minimum atomic E-state index is -4.38. The van der Waals surface area contributed by atoms with Gasteiger partial charge < -0.3 is 9.64 Å². The van der Waals surface area contributed by atoms with Crippen molar-refractivity contribution in [2.24, 2.45) is 11.8 Å². The predicted molar refractivity (Wildman–Crippen MR) is 188 cm³/mol. The summed E-state index contributed by atoms with van der Waals surface area (Å²) in [7, 11) is 1.50. The van der Waals surface area contributed by atoms with E-state index >= 15 is 4.39 Å². The highest BCUT2D eigenvalue weighted by Gasteiger charge is 2.59. The van der Waals surface area contributed by atoms with E-state index in [0.29, 0.717) is 5.92 Å². The van der Waals surface area contributed by atoms with Gasteiger partial charge in [-0.2, -0.15) is 0 Å². The average Bonchev–Trinajstić information content (AvgIpc) is 3.47. The summed E-state index contributed by atoms with van der Waals surface area (Å²) in [5.74, 6) is -1.37. The van der Waals surface area contributed by atoms with Crippen LogP contribution in [0.2, 0.25) is 0 Å². The first-order valence-corrected chi connectivity index (χ1v) is 20.8. The van der Waals surface area contributed by atoms with Crippen molar-refractivity contribution >= 4 is 21.6 Å². The lowest BCUT2D eigenvalue weighted by atomic mass is 9.76. The molecule has 10 nitrogen and oxygen atoms in total. The summed E-state index contributed by atoms with van der Waals surface area (Å²) in [6.07, 6.45) is -8.64. The molecule has 5 rings (SSSR count). The summed E-state index contributed by atoms with van der Waals surface area (Å²) in [4.78, 5) is 4.63. The van der Waals surface area contributed by atoms with Crippen molar-refractivity contribution in [3.8, 4) is 0 Å². The van der Waals surface area contributed by atoms with Crippen LogP contribution in [0, 0.1) is 11.8 Å². The molecule has 3 aliphatic heterocycles. The molecule has 0 aromatic heterocycles. The average molecular weight is 762 g/mol. The second kappa shape index (κ2) is 17.0. The van der Waals surface area contributed by atoms with Gasteiger partial charge in [-0.25, -0.2) is 35.8 Å². The van der Waals surface area contributed by atoms with Gasteiger partial charge in [0.15, 0.2) is 9.84 Å². The van der Waals surface area contributed by atoms with Crippen LogP contribution < -0.4 is 26.8 Å². The van der Waals surface area contributed by atoms with Crippen LogP contribution >= 0.6 is 11.8 Å². The van der Waals surface area contributed by atoms with E-state index in [-0.39, 0.29) is 55.4 Å². The number of ether oxygens (including phenoxy) is 1. The van der Waals surface area contributed by atoms with Crippen molar-refractivity contribution in [3.05, 3.63) is 0 Å². The van der Waals surface area contributed by atoms with Crippen LogP contribution in [0.3, 0.4) is 0 Å². The molecule has 0 aromatic rings. The molecule has 17 heteroatoms. The Bertz CT molecular complexity index is 1190. The molecule has 0 radical (unpaired) electrons. The van der Waals surface area contributed by atoms with E-state index in [1.54, 1.807) is 7.11 Å². The minimum absolute atomic E-state index is 0.0170.